The van der Waals surface area contributed by atoms with Crippen LogP contribution in [-0.2, 0) is 9.47 Å². The van der Waals surface area contributed by atoms with Crippen LogP contribution in [0.2, 0.25) is 0 Å². The van der Waals surface area contributed by atoms with Crippen molar-refractivity contribution >= 4 is 5.90 Å². The highest BCUT2D eigenvalue weighted by atomic mass is 16.7. The second kappa shape index (κ2) is 4.67. The van der Waals surface area contributed by atoms with Crippen LogP contribution in [0.5, 0.6) is 0 Å². The van der Waals surface area contributed by atoms with Gasteiger partial charge in [-0.1, -0.05) is 26.8 Å². The van der Waals surface area contributed by atoms with E-state index < -0.39 is 28.6 Å². The van der Waals surface area contributed by atoms with Crippen molar-refractivity contribution in [3.05, 3.63) is 11.6 Å². The monoisotopic (exact) mass is 350 g/mol. The number of nitrogens with one attached hydrogen (secondary N) is 1. The van der Waals surface area contributed by atoms with Crippen LogP contribution in [0.3, 0.4) is 0 Å². The van der Waals surface area contributed by atoms with Crippen LogP contribution in [0, 0.1) is 73.4 Å². The van der Waals surface area contributed by atoms with Crippen molar-refractivity contribution in [2.75, 3.05) is 0 Å². The summed E-state index contributed by atoms with van der Waals surface area (Å²) in [5.41, 5.74) is -2.39. The average molecular weight is 350 g/mol. The van der Waals surface area contributed by atoms with Gasteiger partial charge in [-0.2, -0.15) is 15.8 Å². The third-order valence-corrected chi connectivity index (χ3v) is 7.81. The van der Waals surface area contributed by atoms with Crippen LogP contribution in [0.4, 0.5) is 0 Å². The molecule has 1 N–H and O–H groups in total. The van der Waals surface area contributed by atoms with Crippen molar-refractivity contribution in [2.24, 2.45) is 34.0 Å². The Labute approximate surface area is 153 Å². The van der Waals surface area contributed by atoms with Crippen LogP contribution < -0.4 is 0 Å². The molecule has 4 fully saturated rings. The summed E-state index contributed by atoms with van der Waals surface area (Å²) in [7, 11) is 0. The number of hydrogen-bond donors (Lipinski definition) is 1. The lowest BCUT2D eigenvalue weighted by molar-refractivity contribution is -0.329. The molecule has 3 aliphatic carbocycles. The van der Waals surface area contributed by atoms with Gasteiger partial charge in [-0.25, -0.2) is 0 Å². The zero-order valence-electron chi connectivity index (χ0n) is 15.5. The average Bonchev–Trinajstić information content (AvgIpc) is 2.63. The Balaban J connectivity index is 1.94. The van der Waals surface area contributed by atoms with Gasteiger partial charge in [-0.15, -0.1) is 0 Å². The number of fused-ring (bicyclic) bond motifs is 5. The molecule has 6 aliphatic rings. The van der Waals surface area contributed by atoms with E-state index in [9.17, 15) is 15.8 Å². The molecule has 6 rings (SSSR count). The SMILES string of the molecule is C[C@@H]1C(C#N)(C#N)[C@@]2(C#N)C(=N)O[C@@]1(C)O[C@@H]2C1=CC[C@H]2C[C@@H]1C2(C)C. The number of nitrogens with zero attached hydrogens (tertiary/aromatic N) is 3. The van der Waals surface area contributed by atoms with E-state index >= 15 is 0 Å². The summed E-state index contributed by atoms with van der Waals surface area (Å²) in [6.45, 7) is 7.79. The van der Waals surface area contributed by atoms with Gasteiger partial charge < -0.3 is 9.47 Å². The summed E-state index contributed by atoms with van der Waals surface area (Å²) in [5.74, 6) is -1.42. The molecule has 26 heavy (non-hydrogen) atoms. The van der Waals surface area contributed by atoms with E-state index in [1.807, 2.05) is 0 Å². The van der Waals surface area contributed by atoms with Crippen molar-refractivity contribution in [3.8, 4) is 18.2 Å². The van der Waals surface area contributed by atoms with Crippen LogP contribution >= 0.6 is 0 Å². The normalized spacial score (nSPS) is 46.7. The van der Waals surface area contributed by atoms with Crippen LogP contribution in [0.25, 0.3) is 0 Å². The van der Waals surface area contributed by atoms with E-state index in [-0.39, 0.29) is 17.2 Å². The zero-order valence-corrected chi connectivity index (χ0v) is 15.5. The number of rotatable bonds is 1. The molecule has 0 spiro atoms. The van der Waals surface area contributed by atoms with E-state index in [1.165, 1.54) is 0 Å². The van der Waals surface area contributed by atoms with Crippen LogP contribution in [-0.4, -0.2) is 17.8 Å². The predicted molar refractivity (Wildman–Crippen MR) is 91.0 cm³/mol. The van der Waals surface area contributed by atoms with Crippen LogP contribution in [0.15, 0.2) is 11.6 Å². The second-order valence-electron chi connectivity index (χ2n) is 8.86. The lowest BCUT2D eigenvalue weighted by Crippen LogP contribution is -2.75. The van der Waals surface area contributed by atoms with Crippen molar-refractivity contribution in [1.29, 1.82) is 21.2 Å². The van der Waals surface area contributed by atoms with Crippen molar-refractivity contribution < 1.29 is 9.47 Å². The first kappa shape index (κ1) is 17.1. The summed E-state index contributed by atoms with van der Waals surface area (Å²) in [6.07, 6.45) is 3.22. The highest BCUT2D eigenvalue weighted by Crippen LogP contribution is 2.67. The lowest BCUT2D eigenvalue weighted by Gasteiger charge is -2.64. The van der Waals surface area contributed by atoms with Gasteiger partial charge >= 0.3 is 0 Å². The summed E-state index contributed by atoms with van der Waals surface area (Å²) in [6, 6.07) is 6.35. The Morgan fingerprint density at radius 2 is 1.81 bits per heavy atom. The predicted octanol–water partition coefficient (Wildman–Crippen LogP) is 3.28. The smallest absolute Gasteiger partial charge is 0.215 e. The topological polar surface area (TPSA) is 114 Å². The summed E-state index contributed by atoms with van der Waals surface area (Å²) >= 11 is 0. The summed E-state index contributed by atoms with van der Waals surface area (Å²) < 4.78 is 11.9. The standard InChI is InChI=1S/C20H22N4O2/c1-11-18(4)25-15(13-6-5-12-7-14(13)17(12,2)3)20(10-23,16(24)26-18)19(11,8-21)9-22/h6,11-12,14-15,24H,5,7H2,1-4H3/t11-,12-,14-,15+,18+,20+/m0/s1. The first-order valence-corrected chi connectivity index (χ1v) is 9.04. The van der Waals surface area contributed by atoms with Crippen molar-refractivity contribution in [2.45, 2.75) is 52.4 Å². The lowest BCUT2D eigenvalue weighted by atomic mass is 9.44. The maximum atomic E-state index is 10.2. The molecule has 6 nitrogen and oxygen atoms in total. The van der Waals surface area contributed by atoms with Gasteiger partial charge in [0.05, 0.1) is 24.1 Å². The van der Waals surface area contributed by atoms with E-state index in [4.69, 9.17) is 14.9 Å². The molecule has 1 saturated carbocycles. The molecule has 3 aliphatic heterocycles. The summed E-state index contributed by atoms with van der Waals surface area (Å²) in [5, 5.41) is 38.7. The van der Waals surface area contributed by atoms with Crippen molar-refractivity contribution in [3.63, 3.8) is 0 Å². The summed E-state index contributed by atoms with van der Waals surface area (Å²) in [4.78, 5) is 0. The van der Waals surface area contributed by atoms with E-state index in [0.717, 1.165) is 18.4 Å². The van der Waals surface area contributed by atoms with Gasteiger partial charge in [0.1, 0.15) is 6.10 Å². The minimum absolute atomic E-state index is 0.0955. The highest BCUT2D eigenvalue weighted by molar-refractivity contribution is 5.89. The molecule has 6 heteroatoms. The highest BCUT2D eigenvalue weighted by Gasteiger charge is 2.79. The molecular weight excluding hydrogens is 328 g/mol. The van der Waals surface area contributed by atoms with E-state index in [1.54, 1.807) is 13.8 Å². The van der Waals surface area contributed by atoms with Crippen LogP contribution in [0.1, 0.15) is 40.5 Å². The molecule has 0 aromatic rings. The van der Waals surface area contributed by atoms with Gasteiger partial charge in [-0.3, -0.25) is 5.41 Å². The van der Waals surface area contributed by atoms with Gasteiger partial charge in [0, 0.05) is 6.92 Å². The molecule has 0 amide bonds. The Bertz CT molecular complexity index is 856. The fourth-order valence-corrected chi connectivity index (χ4v) is 5.66. The number of ether oxygens (including phenoxy) is 2. The Hall–Kier alpha value is -2.36. The minimum atomic E-state index is -1.75. The molecule has 134 valence electrons. The molecule has 0 aromatic heterocycles. The van der Waals surface area contributed by atoms with Gasteiger partial charge in [0.2, 0.25) is 11.7 Å². The first-order chi connectivity index (χ1) is 12.1. The van der Waals surface area contributed by atoms with E-state index in [0.29, 0.717) is 5.92 Å². The molecule has 6 atom stereocenters. The molecule has 3 heterocycles. The number of allylic oxidation sites excluding steroid dienone is 1. The van der Waals surface area contributed by atoms with Gasteiger partial charge in [0.15, 0.2) is 10.8 Å². The molecule has 0 unspecified atom stereocenters. The second-order valence-corrected chi connectivity index (χ2v) is 8.86. The Morgan fingerprint density at radius 1 is 1.15 bits per heavy atom. The maximum Gasteiger partial charge on any atom is 0.215 e. The third kappa shape index (κ3) is 1.49. The van der Waals surface area contributed by atoms with Gasteiger partial charge in [0.25, 0.3) is 0 Å². The molecule has 3 saturated heterocycles. The number of hydrogen-bond acceptors (Lipinski definition) is 6. The van der Waals surface area contributed by atoms with Crippen molar-refractivity contribution in [1.82, 2.24) is 0 Å². The molecule has 0 radical (unpaired) electrons. The quantitative estimate of drug-likeness (QED) is 0.729. The van der Waals surface area contributed by atoms with E-state index in [2.05, 4.69) is 38.1 Å². The number of nitriles is 3. The van der Waals surface area contributed by atoms with Gasteiger partial charge in [-0.05, 0) is 35.7 Å². The Kier molecular flexibility index (Phi) is 3.07. The molecular formula is C20H22N4O2. The fourth-order valence-electron chi connectivity index (χ4n) is 5.66. The maximum absolute atomic E-state index is 10.2. The third-order valence-electron chi connectivity index (χ3n) is 7.81. The molecule has 4 bridgehead atoms. The largest absolute Gasteiger partial charge is 0.448 e. The Morgan fingerprint density at radius 3 is 2.31 bits per heavy atom. The molecule has 0 aromatic carbocycles. The first-order valence-electron chi connectivity index (χ1n) is 9.04. The fraction of sp³-hybridized carbons (Fsp3) is 0.700. The zero-order chi connectivity index (χ0) is 19.1. The minimum Gasteiger partial charge on any atom is -0.448 e.